The smallest absolute Gasteiger partial charge is 0.254 e. The zero-order chi connectivity index (χ0) is 19.6. The summed E-state index contributed by atoms with van der Waals surface area (Å²) >= 11 is 12.6. The number of hydrogen-bond donors (Lipinski definition) is 1. The molecule has 1 aliphatic rings. The number of carbonyl (C=O) groups is 2. The summed E-state index contributed by atoms with van der Waals surface area (Å²) in [5.74, 6) is 0.534. The summed E-state index contributed by atoms with van der Waals surface area (Å²) < 4.78 is 11.0. The van der Waals surface area contributed by atoms with Crippen molar-refractivity contribution in [3.8, 4) is 11.5 Å². The lowest BCUT2D eigenvalue weighted by Gasteiger charge is -2.19. The van der Waals surface area contributed by atoms with Crippen LogP contribution in [0.15, 0.2) is 36.4 Å². The summed E-state index contributed by atoms with van der Waals surface area (Å²) in [6.45, 7) is 1.79. The van der Waals surface area contributed by atoms with Gasteiger partial charge < -0.3 is 19.7 Å². The number of benzene rings is 2. The number of methoxy groups -OCH3 is 1. The van der Waals surface area contributed by atoms with Gasteiger partial charge in [0.15, 0.2) is 11.5 Å². The number of hydrogen-bond acceptors (Lipinski definition) is 4. The van der Waals surface area contributed by atoms with E-state index in [1.165, 1.54) is 11.8 Å². The van der Waals surface area contributed by atoms with E-state index in [4.69, 9.17) is 32.7 Å². The summed E-state index contributed by atoms with van der Waals surface area (Å²) in [5.41, 5.74) is 0.998. The van der Waals surface area contributed by atoms with Gasteiger partial charge in [-0.3, -0.25) is 9.59 Å². The van der Waals surface area contributed by atoms with Crippen molar-refractivity contribution in [2.24, 2.45) is 0 Å². The Labute approximate surface area is 167 Å². The quantitative estimate of drug-likeness (QED) is 0.792. The minimum atomic E-state index is -0.866. The van der Waals surface area contributed by atoms with Crippen LogP contribution in [-0.4, -0.2) is 32.1 Å². The van der Waals surface area contributed by atoms with Crippen molar-refractivity contribution in [2.45, 2.75) is 13.0 Å². The molecule has 0 aliphatic carbocycles. The number of anilines is 1. The second-order valence-electron chi connectivity index (χ2n) is 5.91. The molecule has 1 heterocycles. The highest BCUT2D eigenvalue weighted by atomic mass is 35.5. The zero-order valence-electron chi connectivity index (χ0n) is 14.8. The highest BCUT2D eigenvalue weighted by molar-refractivity contribution is 6.38. The molecule has 8 heteroatoms. The number of fused-ring (bicyclic) bond motifs is 1. The van der Waals surface area contributed by atoms with Gasteiger partial charge in [-0.2, -0.15) is 0 Å². The Morgan fingerprint density at radius 3 is 2.48 bits per heavy atom. The first-order valence-corrected chi connectivity index (χ1v) is 9.01. The average molecular weight is 409 g/mol. The summed E-state index contributed by atoms with van der Waals surface area (Å²) in [6, 6.07) is 9.61. The second-order valence-corrected chi connectivity index (χ2v) is 6.73. The van der Waals surface area contributed by atoms with Crippen molar-refractivity contribution in [2.75, 3.05) is 25.2 Å². The normalized spacial score (nSPS) is 15.5. The molecule has 2 aromatic carbocycles. The standard InChI is InChI=1S/C19H18Cl2N2O4/c1-11(24)22-17-16-12(20)7-8-13(21)18(16)23(19(17)25)9-10-27-15-6-4-3-5-14(15)26-2/h3-8,17H,9-10H2,1-2H3,(H,22,24)/t17-/m0/s1. The first-order chi connectivity index (χ1) is 12.9. The number of carbonyl (C=O) groups excluding carboxylic acids is 2. The molecule has 6 nitrogen and oxygen atoms in total. The highest BCUT2D eigenvalue weighted by Gasteiger charge is 2.40. The van der Waals surface area contributed by atoms with Gasteiger partial charge in [-0.05, 0) is 24.3 Å². The molecular weight excluding hydrogens is 391 g/mol. The summed E-state index contributed by atoms with van der Waals surface area (Å²) in [7, 11) is 1.56. The third-order valence-electron chi connectivity index (χ3n) is 4.18. The van der Waals surface area contributed by atoms with E-state index in [-0.39, 0.29) is 25.0 Å². The maximum Gasteiger partial charge on any atom is 0.254 e. The molecule has 27 heavy (non-hydrogen) atoms. The maximum atomic E-state index is 12.9. The molecule has 0 spiro atoms. The lowest BCUT2D eigenvalue weighted by atomic mass is 10.1. The molecule has 1 atom stereocenters. The molecule has 3 rings (SSSR count). The minimum Gasteiger partial charge on any atom is -0.493 e. The molecule has 0 unspecified atom stereocenters. The van der Waals surface area contributed by atoms with E-state index in [0.717, 1.165) is 0 Å². The van der Waals surface area contributed by atoms with E-state index in [1.54, 1.807) is 31.4 Å². The molecule has 1 N–H and O–H groups in total. The van der Waals surface area contributed by atoms with E-state index in [0.29, 0.717) is 32.8 Å². The van der Waals surface area contributed by atoms with Crippen LogP contribution < -0.4 is 19.7 Å². The van der Waals surface area contributed by atoms with Crippen molar-refractivity contribution in [3.63, 3.8) is 0 Å². The van der Waals surface area contributed by atoms with Crippen LogP contribution in [0.5, 0.6) is 11.5 Å². The van der Waals surface area contributed by atoms with Gasteiger partial charge in [-0.25, -0.2) is 0 Å². The lowest BCUT2D eigenvalue weighted by Crippen LogP contribution is -2.38. The summed E-state index contributed by atoms with van der Waals surface area (Å²) in [6.07, 6.45) is 0. The number of nitrogens with one attached hydrogen (secondary N) is 1. The lowest BCUT2D eigenvalue weighted by molar-refractivity contribution is -0.126. The molecule has 0 aromatic heterocycles. The molecular formula is C19H18Cl2N2O4. The number of amides is 2. The van der Waals surface area contributed by atoms with E-state index >= 15 is 0 Å². The molecule has 0 saturated carbocycles. The molecule has 0 radical (unpaired) electrons. The summed E-state index contributed by atoms with van der Waals surface area (Å²) in [5, 5.41) is 3.39. The van der Waals surface area contributed by atoms with Crippen molar-refractivity contribution in [1.29, 1.82) is 0 Å². The SMILES string of the molecule is COc1ccccc1OCCN1C(=O)[C@@H](NC(C)=O)c2c(Cl)ccc(Cl)c21. The molecule has 0 fully saturated rings. The van der Waals surface area contributed by atoms with Crippen LogP contribution in [0, 0.1) is 0 Å². The fraction of sp³-hybridized carbons (Fsp3) is 0.263. The largest absolute Gasteiger partial charge is 0.493 e. The minimum absolute atomic E-state index is 0.210. The molecule has 142 valence electrons. The molecule has 0 saturated heterocycles. The van der Waals surface area contributed by atoms with Crippen LogP contribution in [0.2, 0.25) is 10.0 Å². The van der Waals surface area contributed by atoms with Gasteiger partial charge >= 0.3 is 0 Å². The first kappa shape index (κ1) is 19.3. The molecule has 2 amide bonds. The van der Waals surface area contributed by atoms with E-state index in [2.05, 4.69) is 5.32 Å². The van der Waals surface area contributed by atoms with Gasteiger partial charge in [0.1, 0.15) is 12.6 Å². The Morgan fingerprint density at radius 1 is 1.15 bits per heavy atom. The van der Waals surface area contributed by atoms with Gasteiger partial charge in [-0.15, -0.1) is 0 Å². The molecule has 1 aliphatic heterocycles. The van der Waals surface area contributed by atoms with E-state index < -0.39 is 6.04 Å². The molecule has 2 aromatic rings. The third kappa shape index (κ3) is 3.82. The Morgan fingerprint density at radius 2 is 1.81 bits per heavy atom. The fourth-order valence-electron chi connectivity index (χ4n) is 3.04. The number of para-hydroxylation sites is 2. The zero-order valence-corrected chi connectivity index (χ0v) is 16.3. The number of halogens is 2. The molecule has 0 bridgehead atoms. The van der Waals surface area contributed by atoms with E-state index in [1.807, 2.05) is 12.1 Å². The van der Waals surface area contributed by atoms with E-state index in [9.17, 15) is 9.59 Å². The Balaban J connectivity index is 1.83. The fourth-order valence-corrected chi connectivity index (χ4v) is 3.57. The van der Waals surface area contributed by atoms with Crippen LogP contribution in [-0.2, 0) is 9.59 Å². The Hall–Kier alpha value is -2.44. The first-order valence-electron chi connectivity index (χ1n) is 8.26. The van der Waals surface area contributed by atoms with Crippen molar-refractivity contribution in [3.05, 3.63) is 52.0 Å². The van der Waals surface area contributed by atoms with Crippen molar-refractivity contribution in [1.82, 2.24) is 5.32 Å². The van der Waals surface area contributed by atoms with Crippen molar-refractivity contribution < 1.29 is 19.1 Å². The Kier molecular flexibility index (Phi) is 5.77. The predicted molar refractivity (Wildman–Crippen MR) is 104 cm³/mol. The van der Waals surface area contributed by atoms with Crippen LogP contribution in [0.3, 0.4) is 0 Å². The highest BCUT2D eigenvalue weighted by Crippen LogP contribution is 2.44. The third-order valence-corrected chi connectivity index (χ3v) is 4.81. The van der Waals surface area contributed by atoms with Crippen LogP contribution in [0.25, 0.3) is 0 Å². The summed E-state index contributed by atoms with van der Waals surface area (Å²) in [4.78, 5) is 25.9. The van der Waals surface area contributed by atoms with Gasteiger partial charge in [-0.1, -0.05) is 35.3 Å². The van der Waals surface area contributed by atoms with Crippen LogP contribution in [0.4, 0.5) is 5.69 Å². The van der Waals surface area contributed by atoms with Crippen molar-refractivity contribution >= 4 is 40.7 Å². The number of nitrogens with zero attached hydrogens (tertiary/aromatic N) is 1. The number of ether oxygens (including phenoxy) is 2. The van der Waals surface area contributed by atoms with Gasteiger partial charge in [0.2, 0.25) is 5.91 Å². The Bertz CT molecular complexity index is 888. The maximum absolute atomic E-state index is 12.9. The topological polar surface area (TPSA) is 67.9 Å². The van der Waals surface area contributed by atoms with Gasteiger partial charge in [0.25, 0.3) is 5.91 Å². The van der Waals surface area contributed by atoms with Crippen LogP contribution in [0.1, 0.15) is 18.5 Å². The second kappa shape index (κ2) is 8.06. The van der Waals surface area contributed by atoms with Gasteiger partial charge in [0, 0.05) is 17.5 Å². The average Bonchev–Trinajstić information content (AvgIpc) is 2.92. The predicted octanol–water partition coefficient (Wildman–Crippen LogP) is 3.60. The number of rotatable bonds is 6. The van der Waals surface area contributed by atoms with Gasteiger partial charge in [0.05, 0.1) is 24.4 Å². The van der Waals surface area contributed by atoms with Crippen LogP contribution >= 0.6 is 23.2 Å². The monoisotopic (exact) mass is 408 g/mol.